The summed E-state index contributed by atoms with van der Waals surface area (Å²) in [6.07, 6.45) is 0.624. The van der Waals surface area contributed by atoms with Crippen molar-refractivity contribution in [2.75, 3.05) is 28.6 Å². The molecule has 1 unspecified atom stereocenters. The van der Waals surface area contributed by atoms with E-state index in [-0.39, 0.29) is 6.54 Å². The van der Waals surface area contributed by atoms with Gasteiger partial charge < -0.3 is 5.11 Å². The fourth-order valence-electron chi connectivity index (χ4n) is 2.17. The topological polar surface area (TPSA) is 91.8 Å². The van der Waals surface area contributed by atoms with Gasteiger partial charge in [0.1, 0.15) is 9.84 Å². The Hall–Kier alpha value is -1.12. The third kappa shape index (κ3) is 3.31. The van der Waals surface area contributed by atoms with Gasteiger partial charge >= 0.3 is 0 Å². The van der Waals surface area contributed by atoms with Crippen LogP contribution < -0.4 is 4.31 Å². The van der Waals surface area contributed by atoms with Gasteiger partial charge in [-0.25, -0.2) is 16.8 Å². The van der Waals surface area contributed by atoms with Gasteiger partial charge in [-0.1, -0.05) is 18.2 Å². The van der Waals surface area contributed by atoms with Gasteiger partial charge in [0.05, 0.1) is 23.3 Å². The van der Waals surface area contributed by atoms with Crippen LogP contribution in [0.25, 0.3) is 0 Å². The summed E-state index contributed by atoms with van der Waals surface area (Å²) < 4.78 is 48.0. The molecule has 1 aliphatic heterocycles. The fraction of sp³-hybridized carbons (Fsp3) is 0.500. The first-order valence-electron chi connectivity index (χ1n) is 6.16. The Morgan fingerprint density at radius 3 is 2.50 bits per heavy atom. The SMILES string of the molecule is CS(=O)(=O)CCS(=O)(=O)N1CCC(O)c2ccccc21. The minimum Gasteiger partial charge on any atom is -0.388 e. The molecule has 0 bridgehead atoms. The van der Waals surface area contributed by atoms with Crippen LogP contribution in [0.15, 0.2) is 24.3 Å². The maximum Gasteiger partial charge on any atom is 0.236 e. The molecule has 1 aromatic carbocycles. The first-order valence-corrected chi connectivity index (χ1v) is 9.83. The highest BCUT2D eigenvalue weighted by molar-refractivity contribution is 7.95. The first kappa shape index (κ1) is 15.3. The van der Waals surface area contributed by atoms with Crippen LogP contribution in [-0.2, 0) is 19.9 Å². The van der Waals surface area contributed by atoms with Crippen molar-refractivity contribution in [3.63, 3.8) is 0 Å². The van der Waals surface area contributed by atoms with Crippen molar-refractivity contribution >= 4 is 25.5 Å². The van der Waals surface area contributed by atoms with Crippen LogP contribution >= 0.6 is 0 Å². The Morgan fingerprint density at radius 2 is 1.85 bits per heavy atom. The van der Waals surface area contributed by atoms with Gasteiger partial charge in [-0.15, -0.1) is 0 Å². The van der Waals surface area contributed by atoms with Crippen LogP contribution in [0.1, 0.15) is 18.1 Å². The van der Waals surface area contributed by atoms with E-state index >= 15 is 0 Å². The molecule has 1 N–H and O–H groups in total. The second-order valence-electron chi connectivity index (χ2n) is 4.88. The number of aliphatic hydroxyl groups excluding tert-OH is 1. The molecule has 1 aromatic rings. The number of fused-ring (bicyclic) bond motifs is 1. The zero-order valence-electron chi connectivity index (χ0n) is 11.1. The lowest BCUT2D eigenvalue weighted by atomic mass is 10.0. The van der Waals surface area contributed by atoms with Crippen molar-refractivity contribution in [1.29, 1.82) is 0 Å². The lowest BCUT2D eigenvalue weighted by Crippen LogP contribution is -2.39. The molecule has 0 saturated carbocycles. The van der Waals surface area contributed by atoms with Crippen LogP contribution in [0.5, 0.6) is 0 Å². The Bertz CT molecular complexity index is 696. The van der Waals surface area contributed by atoms with Crippen LogP contribution in [0.2, 0.25) is 0 Å². The van der Waals surface area contributed by atoms with Crippen molar-refractivity contribution in [2.24, 2.45) is 0 Å². The Labute approximate surface area is 119 Å². The predicted octanol–water partition coefficient (Wildman–Crippen LogP) is 0.305. The Balaban J connectivity index is 2.32. The van der Waals surface area contributed by atoms with E-state index in [0.717, 1.165) is 6.26 Å². The van der Waals surface area contributed by atoms with Gasteiger partial charge in [0.25, 0.3) is 0 Å². The lowest BCUT2D eigenvalue weighted by molar-refractivity contribution is 0.166. The van der Waals surface area contributed by atoms with E-state index in [1.807, 2.05) is 0 Å². The molecular formula is C12H17NO5S2. The standard InChI is InChI=1S/C12H17NO5S2/c1-19(15,16)8-9-20(17,18)13-7-6-12(14)10-4-2-3-5-11(10)13/h2-5,12,14H,6-9H2,1H3. The van der Waals surface area contributed by atoms with E-state index < -0.39 is 37.5 Å². The molecule has 0 amide bonds. The maximum atomic E-state index is 12.3. The molecule has 0 spiro atoms. The Kier molecular flexibility index (Phi) is 4.08. The summed E-state index contributed by atoms with van der Waals surface area (Å²) in [7, 11) is -7.05. The largest absolute Gasteiger partial charge is 0.388 e. The number of sulfonamides is 1. The molecule has 2 rings (SSSR count). The molecule has 20 heavy (non-hydrogen) atoms. The molecule has 8 heteroatoms. The normalized spacial score (nSPS) is 19.7. The van der Waals surface area contributed by atoms with Crippen molar-refractivity contribution in [1.82, 2.24) is 0 Å². The average Bonchev–Trinajstić information content (AvgIpc) is 2.36. The van der Waals surface area contributed by atoms with Crippen LogP contribution in [0.4, 0.5) is 5.69 Å². The molecule has 0 fully saturated rings. The number of anilines is 1. The second-order valence-corrected chi connectivity index (χ2v) is 9.15. The third-order valence-corrected chi connectivity index (χ3v) is 6.19. The summed E-state index contributed by atoms with van der Waals surface area (Å²) in [6.45, 7) is 0.157. The minimum absolute atomic E-state index is 0.157. The number of aliphatic hydroxyl groups is 1. The number of benzene rings is 1. The monoisotopic (exact) mass is 319 g/mol. The number of hydrogen-bond donors (Lipinski definition) is 1. The molecule has 1 atom stereocenters. The lowest BCUT2D eigenvalue weighted by Gasteiger charge is -2.32. The number of hydrogen-bond acceptors (Lipinski definition) is 5. The zero-order valence-corrected chi connectivity index (χ0v) is 12.7. The number of nitrogens with zero attached hydrogens (tertiary/aromatic N) is 1. The molecule has 0 aliphatic carbocycles. The maximum absolute atomic E-state index is 12.3. The van der Waals surface area contributed by atoms with Crippen LogP contribution in [0.3, 0.4) is 0 Å². The highest BCUT2D eigenvalue weighted by Gasteiger charge is 2.31. The Morgan fingerprint density at radius 1 is 1.20 bits per heavy atom. The molecule has 6 nitrogen and oxygen atoms in total. The van der Waals surface area contributed by atoms with E-state index in [9.17, 15) is 21.9 Å². The van der Waals surface area contributed by atoms with Crippen molar-refractivity contribution in [2.45, 2.75) is 12.5 Å². The van der Waals surface area contributed by atoms with Crippen molar-refractivity contribution in [3.8, 4) is 0 Å². The summed E-state index contributed by atoms with van der Waals surface area (Å²) in [5.74, 6) is -0.854. The highest BCUT2D eigenvalue weighted by Crippen LogP contribution is 2.35. The number of rotatable bonds is 4. The van der Waals surface area contributed by atoms with Gasteiger partial charge in [-0.2, -0.15) is 0 Å². The van der Waals surface area contributed by atoms with Crippen molar-refractivity contribution in [3.05, 3.63) is 29.8 Å². The smallest absolute Gasteiger partial charge is 0.236 e. The van der Waals surface area contributed by atoms with E-state index in [1.54, 1.807) is 24.3 Å². The van der Waals surface area contributed by atoms with Gasteiger partial charge in [-0.05, 0) is 12.5 Å². The average molecular weight is 319 g/mol. The van der Waals surface area contributed by atoms with Gasteiger partial charge in [0, 0.05) is 18.4 Å². The molecular weight excluding hydrogens is 302 g/mol. The molecule has 112 valence electrons. The molecule has 0 radical (unpaired) electrons. The van der Waals surface area contributed by atoms with Crippen molar-refractivity contribution < 1.29 is 21.9 Å². The van der Waals surface area contributed by atoms with E-state index in [4.69, 9.17) is 0 Å². The summed E-state index contributed by atoms with van der Waals surface area (Å²) in [5, 5.41) is 9.89. The van der Waals surface area contributed by atoms with Crippen LogP contribution in [-0.4, -0.2) is 46.2 Å². The first-order chi connectivity index (χ1) is 9.21. The summed E-state index contributed by atoms with van der Waals surface area (Å²) >= 11 is 0. The highest BCUT2D eigenvalue weighted by atomic mass is 32.2. The fourth-order valence-corrected chi connectivity index (χ4v) is 5.29. The van der Waals surface area contributed by atoms with E-state index in [2.05, 4.69) is 0 Å². The molecule has 1 aliphatic rings. The summed E-state index contributed by atoms with van der Waals surface area (Å²) in [5.41, 5.74) is 0.987. The van der Waals surface area contributed by atoms with E-state index in [1.165, 1.54) is 4.31 Å². The van der Waals surface area contributed by atoms with E-state index in [0.29, 0.717) is 17.7 Å². The molecule has 0 aromatic heterocycles. The molecule has 1 heterocycles. The van der Waals surface area contributed by atoms with Gasteiger partial charge in [-0.3, -0.25) is 4.31 Å². The van der Waals surface area contributed by atoms with Gasteiger partial charge in [0.15, 0.2) is 0 Å². The quantitative estimate of drug-likeness (QED) is 0.862. The summed E-state index contributed by atoms with van der Waals surface area (Å²) in [6, 6.07) is 6.72. The summed E-state index contributed by atoms with van der Waals surface area (Å²) in [4.78, 5) is 0. The van der Waals surface area contributed by atoms with Gasteiger partial charge in [0.2, 0.25) is 10.0 Å². The zero-order chi connectivity index (χ0) is 15.0. The second kappa shape index (κ2) is 5.34. The number of sulfone groups is 1. The third-order valence-electron chi connectivity index (χ3n) is 3.22. The van der Waals surface area contributed by atoms with Crippen LogP contribution in [0, 0.1) is 0 Å². The number of para-hydroxylation sites is 1. The minimum atomic E-state index is -3.71. The predicted molar refractivity (Wildman–Crippen MR) is 76.9 cm³/mol. The molecule has 0 saturated heterocycles.